The van der Waals surface area contributed by atoms with Crippen molar-refractivity contribution in [2.45, 2.75) is 38.5 Å². The highest BCUT2D eigenvalue weighted by atomic mass is 79.9. The summed E-state index contributed by atoms with van der Waals surface area (Å²) < 4.78 is 4.92. The molecule has 0 saturated heterocycles. The van der Waals surface area contributed by atoms with Gasteiger partial charge in [0.15, 0.2) is 0 Å². The van der Waals surface area contributed by atoms with Gasteiger partial charge in [-0.3, -0.25) is 4.72 Å². The monoisotopic (exact) mass is 293 g/mol. The van der Waals surface area contributed by atoms with Gasteiger partial charge in [0, 0.05) is 15.7 Å². The Bertz CT molecular complexity index is 291. The highest BCUT2D eigenvalue weighted by Gasteiger charge is 2.14. The maximum Gasteiger partial charge on any atom is 0.0701 e. The first kappa shape index (κ1) is 12.6. The molecule has 1 aromatic rings. The van der Waals surface area contributed by atoms with Gasteiger partial charge in [0.25, 0.3) is 0 Å². The predicted molar refractivity (Wildman–Crippen MR) is 70.9 cm³/mol. The molecule has 0 fully saturated rings. The first-order valence-electron chi connectivity index (χ1n) is 4.57. The summed E-state index contributed by atoms with van der Waals surface area (Å²) in [5.41, 5.74) is 0. The van der Waals surface area contributed by atoms with Crippen LogP contribution in [0.25, 0.3) is 0 Å². The van der Waals surface area contributed by atoms with E-state index in [9.17, 15) is 0 Å². The quantitative estimate of drug-likeness (QED) is 0.817. The summed E-state index contributed by atoms with van der Waals surface area (Å²) in [5, 5.41) is 0. The first-order valence-corrected chi connectivity index (χ1v) is 7.00. The molecule has 1 unspecified atom stereocenters. The van der Waals surface area contributed by atoms with Crippen LogP contribution in [-0.2, 0) is 0 Å². The van der Waals surface area contributed by atoms with Crippen molar-refractivity contribution < 1.29 is 0 Å². The molecule has 1 heterocycles. The molecule has 0 aromatic carbocycles. The molecular weight excluding hydrogens is 278 g/mol. The van der Waals surface area contributed by atoms with Crippen molar-refractivity contribution in [1.29, 1.82) is 0 Å². The third kappa shape index (κ3) is 4.34. The molecule has 1 N–H and O–H groups in total. The van der Waals surface area contributed by atoms with Crippen LogP contribution in [0.1, 0.15) is 38.6 Å². The summed E-state index contributed by atoms with van der Waals surface area (Å²) in [6, 6.07) is 4.67. The van der Waals surface area contributed by atoms with Crippen molar-refractivity contribution >= 4 is 39.2 Å². The third-order valence-electron chi connectivity index (χ3n) is 1.56. The maximum absolute atomic E-state index is 3.47. The smallest absolute Gasteiger partial charge is 0.0701 e. The fraction of sp³-hybridized carbons (Fsp3) is 0.600. The summed E-state index contributed by atoms with van der Waals surface area (Å²) >= 11 is 7.05. The maximum atomic E-state index is 3.47. The van der Waals surface area contributed by atoms with E-state index in [1.54, 1.807) is 23.3 Å². The number of nitrogens with one attached hydrogen (secondary N) is 1. The molecule has 0 aliphatic carbocycles. The van der Waals surface area contributed by atoms with Crippen LogP contribution in [-0.4, -0.2) is 4.75 Å². The summed E-state index contributed by atoms with van der Waals surface area (Å²) in [5.74, 6) is 0. The van der Waals surface area contributed by atoms with Gasteiger partial charge in [-0.15, -0.1) is 11.3 Å². The summed E-state index contributed by atoms with van der Waals surface area (Å²) in [4.78, 5) is 1.37. The second-order valence-electron chi connectivity index (χ2n) is 4.20. The van der Waals surface area contributed by atoms with Crippen molar-refractivity contribution in [2.75, 3.05) is 0 Å². The van der Waals surface area contributed by atoms with Crippen LogP contribution < -0.4 is 4.72 Å². The van der Waals surface area contributed by atoms with Gasteiger partial charge < -0.3 is 0 Å². The molecule has 0 aliphatic rings. The number of hydrogen-bond acceptors (Lipinski definition) is 3. The van der Waals surface area contributed by atoms with Crippen molar-refractivity contribution in [3.8, 4) is 0 Å². The zero-order chi connectivity index (χ0) is 10.8. The van der Waals surface area contributed by atoms with Crippen LogP contribution in [0.3, 0.4) is 0 Å². The zero-order valence-corrected chi connectivity index (χ0v) is 12.1. The van der Waals surface area contributed by atoms with E-state index in [0.29, 0.717) is 6.04 Å². The van der Waals surface area contributed by atoms with E-state index in [4.69, 9.17) is 0 Å². The topological polar surface area (TPSA) is 12.0 Å². The first-order chi connectivity index (χ1) is 6.38. The van der Waals surface area contributed by atoms with E-state index in [1.165, 1.54) is 8.66 Å². The summed E-state index contributed by atoms with van der Waals surface area (Å²) in [6.45, 7) is 8.82. The largest absolute Gasteiger partial charge is 0.256 e. The molecule has 0 aliphatic heterocycles. The van der Waals surface area contributed by atoms with E-state index < -0.39 is 0 Å². The molecule has 14 heavy (non-hydrogen) atoms. The molecule has 1 atom stereocenters. The Hall–Kier alpha value is 0.490. The van der Waals surface area contributed by atoms with Crippen LogP contribution >= 0.6 is 39.2 Å². The van der Waals surface area contributed by atoms with E-state index in [1.807, 2.05) is 0 Å². The van der Waals surface area contributed by atoms with E-state index in [0.717, 1.165) is 0 Å². The summed E-state index contributed by atoms with van der Waals surface area (Å²) in [6.07, 6.45) is 0. The molecule has 1 aromatic heterocycles. The molecule has 0 saturated carbocycles. The summed E-state index contributed by atoms with van der Waals surface area (Å²) in [7, 11) is 0. The zero-order valence-electron chi connectivity index (χ0n) is 8.93. The lowest BCUT2D eigenvalue weighted by Gasteiger charge is -2.20. The minimum Gasteiger partial charge on any atom is -0.256 e. The van der Waals surface area contributed by atoms with Crippen LogP contribution in [0.15, 0.2) is 15.9 Å². The lowest BCUT2D eigenvalue weighted by Crippen LogP contribution is -2.19. The van der Waals surface area contributed by atoms with Gasteiger partial charge in [-0.25, -0.2) is 0 Å². The molecule has 1 nitrogen and oxygen atoms in total. The fourth-order valence-corrected chi connectivity index (χ4v) is 3.04. The Labute approximate surface area is 103 Å². The third-order valence-corrected chi connectivity index (χ3v) is 4.45. The van der Waals surface area contributed by atoms with Crippen molar-refractivity contribution in [3.63, 3.8) is 0 Å². The number of hydrogen-bond donors (Lipinski definition) is 1. The SMILES string of the molecule is CC(NSC(C)(C)C)c1ccc(Br)s1. The lowest BCUT2D eigenvalue weighted by atomic mass is 10.3. The van der Waals surface area contributed by atoms with Crippen LogP contribution in [0, 0.1) is 0 Å². The second-order valence-corrected chi connectivity index (χ2v) is 8.36. The van der Waals surface area contributed by atoms with Crippen LogP contribution in [0.2, 0.25) is 0 Å². The van der Waals surface area contributed by atoms with Gasteiger partial charge in [-0.05, 0) is 55.8 Å². The highest BCUT2D eigenvalue weighted by molar-refractivity contribution is 9.11. The molecule has 80 valence electrons. The Morgan fingerprint density at radius 2 is 2.07 bits per heavy atom. The van der Waals surface area contributed by atoms with Crippen molar-refractivity contribution in [3.05, 3.63) is 20.8 Å². The number of thiophene rings is 1. The van der Waals surface area contributed by atoms with Gasteiger partial charge in [0.2, 0.25) is 0 Å². The Morgan fingerprint density at radius 1 is 1.43 bits per heavy atom. The Balaban J connectivity index is 2.47. The second kappa shape index (κ2) is 5.01. The average molecular weight is 294 g/mol. The Morgan fingerprint density at radius 3 is 2.50 bits per heavy atom. The number of halogens is 1. The normalized spacial score (nSPS) is 14.4. The van der Waals surface area contributed by atoms with Gasteiger partial charge in [0.1, 0.15) is 0 Å². The minimum atomic E-state index is 0.267. The molecular formula is C10H16BrNS2. The molecule has 0 spiro atoms. The van der Waals surface area contributed by atoms with Crippen LogP contribution in [0.4, 0.5) is 0 Å². The van der Waals surface area contributed by atoms with Crippen LogP contribution in [0.5, 0.6) is 0 Å². The lowest BCUT2D eigenvalue weighted by molar-refractivity contribution is 0.734. The number of rotatable bonds is 3. The molecule has 0 amide bonds. The van der Waals surface area contributed by atoms with Crippen molar-refractivity contribution in [2.24, 2.45) is 0 Å². The van der Waals surface area contributed by atoms with E-state index in [2.05, 4.69) is 60.5 Å². The van der Waals surface area contributed by atoms with Gasteiger partial charge >= 0.3 is 0 Å². The Kier molecular flexibility index (Phi) is 4.50. The van der Waals surface area contributed by atoms with E-state index in [-0.39, 0.29) is 4.75 Å². The highest BCUT2D eigenvalue weighted by Crippen LogP contribution is 2.30. The van der Waals surface area contributed by atoms with Gasteiger partial charge in [-0.2, -0.15) is 0 Å². The predicted octanol–water partition coefficient (Wildman–Crippen LogP) is 4.61. The average Bonchev–Trinajstić information content (AvgIpc) is 2.46. The molecule has 0 bridgehead atoms. The van der Waals surface area contributed by atoms with Gasteiger partial charge in [0.05, 0.1) is 3.79 Å². The molecule has 1 rings (SSSR count). The minimum absolute atomic E-state index is 0.267. The fourth-order valence-electron chi connectivity index (χ4n) is 0.884. The van der Waals surface area contributed by atoms with Gasteiger partial charge in [-0.1, -0.05) is 11.9 Å². The molecule has 4 heteroatoms. The molecule has 0 radical (unpaired) electrons. The van der Waals surface area contributed by atoms with Crippen molar-refractivity contribution in [1.82, 2.24) is 4.72 Å². The van der Waals surface area contributed by atoms with E-state index >= 15 is 0 Å². The standard InChI is InChI=1S/C10H16BrNS2/c1-7(12-14-10(2,3)4)8-5-6-9(11)13-8/h5-7,12H,1-4H3.